The number of amides is 2. The lowest BCUT2D eigenvalue weighted by Crippen LogP contribution is -2.44. The Labute approximate surface area is 151 Å². The van der Waals surface area contributed by atoms with Crippen LogP contribution in [-0.4, -0.2) is 47.0 Å². The molecule has 9 heteroatoms. The molecule has 5 nitrogen and oxygen atoms in total. The third-order valence-corrected chi connectivity index (χ3v) is 4.80. The number of alkyl halides is 3. The molecule has 138 valence electrons. The first kappa shape index (κ1) is 18.4. The van der Waals surface area contributed by atoms with Crippen molar-refractivity contribution in [1.82, 2.24) is 15.2 Å². The van der Waals surface area contributed by atoms with Crippen LogP contribution in [0.2, 0.25) is 0 Å². The van der Waals surface area contributed by atoms with Gasteiger partial charge in [0.15, 0.2) is 0 Å². The van der Waals surface area contributed by atoms with Crippen molar-refractivity contribution in [2.75, 3.05) is 13.1 Å². The highest BCUT2D eigenvalue weighted by Gasteiger charge is 2.39. The molecule has 26 heavy (non-hydrogen) atoms. The van der Waals surface area contributed by atoms with Gasteiger partial charge in [0.1, 0.15) is 12.6 Å². The highest BCUT2D eigenvalue weighted by molar-refractivity contribution is 7.08. The van der Waals surface area contributed by atoms with Gasteiger partial charge in [-0.05, 0) is 36.9 Å². The van der Waals surface area contributed by atoms with Crippen molar-refractivity contribution in [3.63, 3.8) is 0 Å². The lowest BCUT2D eigenvalue weighted by Gasteiger charge is -2.18. The zero-order valence-electron chi connectivity index (χ0n) is 13.8. The van der Waals surface area contributed by atoms with E-state index in [-0.39, 0.29) is 13.0 Å². The summed E-state index contributed by atoms with van der Waals surface area (Å²) in [7, 11) is 0. The van der Waals surface area contributed by atoms with E-state index in [2.05, 4.69) is 10.3 Å². The normalized spacial score (nSPS) is 17.6. The van der Waals surface area contributed by atoms with Crippen LogP contribution in [0.1, 0.15) is 22.5 Å². The van der Waals surface area contributed by atoms with Crippen LogP contribution in [0.15, 0.2) is 29.0 Å². The van der Waals surface area contributed by atoms with E-state index in [4.69, 9.17) is 0 Å². The average Bonchev–Trinajstić information content (AvgIpc) is 3.19. The fraction of sp³-hybridized carbons (Fsp3) is 0.353. The van der Waals surface area contributed by atoms with Gasteiger partial charge in [-0.2, -0.15) is 24.5 Å². The molecule has 0 aliphatic carbocycles. The number of nitrogens with one attached hydrogen (secondary N) is 1. The number of nitrogens with zero attached hydrogens (tertiary/aromatic N) is 2. The van der Waals surface area contributed by atoms with Crippen LogP contribution >= 0.6 is 11.3 Å². The predicted octanol–water partition coefficient (Wildman–Crippen LogP) is 3.01. The molecule has 0 spiro atoms. The number of carbonyl (C=O) groups excluding carboxylic acids is 2. The van der Waals surface area contributed by atoms with Crippen molar-refractivity contribution in [1.29, 1.82) is 0 Å². The van der Waals surface area contributed by atoms with Gasteiger partial charge in [0.05, 0.1) is 17.0 Å². The quantitative estimate of drug-likeness (QED) is 0.883. The molecule has 1 atom stereocenters. The molecule has 2 aromatic heterocycles. The Morgan fingerprint density at radius 3 is 2.77 bits per heavy atom. The minimum absolute atomic E-state index is 0.0301. The van der Waals surface area contributed by atoms with E-state index in [9.17, 15) is 22.8 Å². The molecule has 2 aromatic rings. The first-order valence-corrected chi connectivity index (χ1v) is 8.85. The Kier molecular flexibility index (Phi) is 4.99. The van der Waals surface area contributed by atoms with Crippen LogP contribution in [0, 0.1) is 6.92 Å². The molecular formula is C17H16F3N3O2S. The number of hydrogen-bond donors (Lipinski definition) is 1. The number of carbonyl (C=O) groups is 2. The number of likely N-dealkylation sites (tertiary alicyclic amines) is 1. The summed E-state index contributed by atoms with van der Waals surface area (Å²) in [5.74, 6) is -1.23. The van der Waals surface area contributed by atoms with Crippen LogP contribution in [0.3, 0.4) is 0 Å². The van der Waals surface area contributed by atoms with Gasteiger partial charge in [0.2, 0.25) is 5.91 Å². The van der Waals surface area contributed by atoms with Crippen LogP contribution in [-0.2, 0) is 4.79 Å². The predicted molar refractivity (Wildman–Crippen MR) is 90.8 cm³/mol. The molecule has 3 rings (SSSR count). The molecule has 0 saturated carbocycles. The number of pyridine rings is 1. The van der Waals surface area contributed by atoms with Crippen LogP contribution in [0.4, 0.5) is 13.2 Å². The summed E-state index contributed by atoms with van der Waals surface area (Å²) in [6, 6.07) is 4.29. The Hall–Kier alpha value is -2.42. The Bertz CT molecular complexity index is 821. The fourth-order valence-electron chi connectivity index (χ4n) is 2.85. The van der Waals surface area contributed by atoms with Crippen molar-refractivity contribution in [2.24, 2.45) is 0 Å². The Balaban J connectivity index is 1.68. The van der Waals surface area contributed by atoms with Crippen molar-refractivity contribution in [3.8, 4) is 11.3 Å². The lowest BCUT2D eigenvalue weighted by atomic mass is 10.1. The van der Waals surface area contributed by atoms with Gasteiger partial charge in [0, 0.05) is 17.5 Å². The number of hydrogen-bond acceptors (Lipinski definition) is 4. The van der Waals surface area contributed by atoms with Gasteiger partial charge in [-0.3, -0.25) is 14.6 Å². The van der Waals surface area contributed by atoms with Crippen LogP contribution in [0.25, 0.3) is 11.3 Å². The molecule has 1 fully saturated rings. The van der Waals surface area contributed by atoms with Gasteiger partial charge in [-0.1, -0.05) is 0 Å². The molecule has 3 heterocycles. The maximum absolute atomic E-state index is 12.5. The second-order valence-corrected chi connectivity index (χ2v) is 6.81. The zero-order chi connectivity index (χ0) is 18.9. The van der Waals surface area contributed by atoms with Crippen molar-refractivity contribution in [2.45, 2.75) is 25.6 Å². The fourth-order valence-corrected chi connectivity index (χ4v) is 3.50. The van der Waals surface area contributed by atoms with Gasteiger partial charge < -0.3 is 10.2 Å². The van der Waals surface area contributed by atoms with Crippen molar-refractivity contribution >= 4 is 23.2 Å². The van der Waals surface area contributed by atoms with Gasteiger partial charge in [0.25, 0.3) is 5.91 Å². The second kappa shape index (κ2) is 7.06. The maximum atomic E-state index is 12.5. The summed E-state index contributed by atoms with van der Waals surface area (Å²) in [6.45, 7) is 0.350. The molecular weight excluding hydrogens is 367 g/mol. The Morgan fingerprint density at radius 1 is 1.38 bits per heavy atom. The number of halogens is 3. The highest BCUT2D eigenvalue weighted by atomic mass is 32.1. The van der Waals surface area contributed by atoms with Crippen LogP contribution in [0.5, 0.6) is 0 Å². The Morgan fingerprint density at radius 2 is 2.15 bits per heavy atom. The SMILES string of the molecule is Cc1nc(-c2ccsc2)ccc1C(=O)N[C@@H]1CCN(CC(F)(F)F)C1=O. The van der Waals surface area contributed by atoms with Gasteiger partial charge in [-0.15, -0.1) is 0 Å². The number of aromatic nitrogens is 1. The average molecular weight is 383 g/mol. The standard InChI is InChI=1S/C17H16F3N3O2S/c1-10-12(2-3-13(21-10)11-5-7-26-8-11)15(24)22-14-4-6-23(16(14)25)9-17(18,19)20/h2-3,5,7-8,14H,4,6,9H2,1H3,(H,22,24)/t14-/m1/s1. The minimum Gasteiger partial charge on any atom is -0.340 e. The van der Waals surface area contributed by atoms with E-state index < -0.39 is 30.6 Å². The van der Waals surface area contributed by atoms with Crippen molar-refractivity contribution < 1.29 is 22.8 Å². The molecule has 1 saturated heterocycles. The maximum Gasteiger partial charge on any atom is 0.406 e. The molecule has 1 aliphatic rings. The lowest BCUT2D eigenvalue weighted by molar-refractivity contribution is -0.157. The topological polar surface area (TPSA) is 62.3 Å². The molecule has 1 N–H and O–H groups in total. The number of rotatable bonds is 4. The summed E-state index contributed by atoms with van der Waals surface area (Å²) >= 11 is 1.53. The number of aryl methyl sites for hydroxylation is 1. The van der Waals surface area contributed by atoms with E-state index in [0.717, 1.165) is 16.2 Å². The summed E-state index contributed by atoms with van der Waals surface area (Å²) < 4.78 is 37.4. The first-order valence-electron chi connectivity index (χ1n) is 7.91. The van der Waals surface area contributed by atoms with Crippen molar-refractivity contribution in [3.05, 3.63) is 40.2 Å². The van der Waals surface area contributed by atoms with E-state index in [1.165, 1.54) is 11.3 Å². The minimum atomic E-state index is -4.45. The van der Waals surface area contributed by atoms with Crippen LogP contribution < -0.4 is 5.32 Å². The molecule has 0 radical (unpaired) electrons. The second-order valence-electron chi connectivity index (χ2n) is 6.03. The molecule has 1 aliphatic heterocycles. The summed E-state index contributed by atoms with van der Waals surface area (Å²) in [6.07, 6.45) is -4.30. The number of thiophene rings is 1. The largest absolute Gasteiger partial charge is 0.406 e. The first-order chi connectivity index (χ1) is 12.2. The zero-order valence-corrected chi connectivity index (χ0v) is 14.7. The summed E-state index contributed by atoms with van der Waals surface area (Å²) in [4.78, 5) is 29.6. The summed E-state index contributed by atoms with van der Waals surface area (Å²) in [5, 5.41) is 6.38. The van der Waals surface area contributed by atoms with E-state index in [0.29, 0.717) is 11.3 Å². The van der Waals surface area contributed by atoms with Gasteiger partial charge >= 0.3 is 6.18 Å². The summed E-state index contributed by atoms with van der Waals surface area (Å²) in [5.41, 5.74) is 2.46. The molecule has 0 aromatic carbocycles. The smallest absolute Gasteiger partial charge is 0.340 e. The van der Waals surface area contributed by atoms with E-state index in [1.54, 1.807) is 19.1 Å². The van der Waals surface area contributed by atoms with E-state index >= 15 is 0 Å². The van der Waals surface area contributed by atoms with E-state index in [1.807, 2.05) is 16.8 Å². The monoisotopic (exact) mass is 383 g/mol. The molecule has 0 bridgehead atoms. The van der Waals surface area contributed by atoms with Gasteiger partial charge in [-0.25, -0.2) is 0 Å². The highest BCUT2D eigenvalue weighted by Crippen LogP contribution is 2.23. The molecule has 0 unspecified atom stereocenters. The third kappa shape index (κ3) is 4.04. The third-order valence-electron chi connectivity index (χ3n) is 4.12. The molecule has 2 amide bonds.